The van der Waals surface area contributed by atoms with Gasteiger partial charge in [0.2, 0.25) is 0 Å². The van der Waals surface area contributed by atoms with E-state index in [1.807, 2.05) is 32.9 Å². The van der Waals surface area contributed by atoms with E-state index in [9.17, 15) is 4.79 Å². The van der Waals surface area contributed by atoms with Crippen LogP contribution in [0.4, 0.5) is 5.69 Å². The molecular formula is C17H19NO2. The Hall–Kier alpha value is -2.29. The van der Waals surface area contributed by atoms with Crippen LogP contribution in [-0.4, -0.2) is 11.9 Å². The minimum atomic E-state index is -0.0223. The van der Waals surface area contributed by atoms with Crippen LogP contribution in [0.15, 0.2) is 42.5 Å². The molecule has 0 unspecified atom stereocenters. The largest absolute Gasteiger partial charge is 0.491 e. The number of hydrogen-bond donors (Lipinski definition) is 1. The molecule has 2 N–H and O–H groups in total. The van der Waals surface area contributed by atoms with E-state index in [0.29, 0.717) is 16.8 Å². The van der Waals surface area contributed by atoms with Crippen LogP contribution in [0.2, 0.25) is 0 Å². The standard InChI is InChI=1S/C17H19NO2/c1-11(2)20-14-9-7-13(8-10-14)17(19)15-5-4-6-16(18)12(15)3/h4-11H,18H2,1-3H3. The average Bonchev–Trinajstić information content (AvgIpc) is 2.41. The van der Waals surface area contributed by atoms with Crippen molar-refractivity contribution in [2.45, 2.75) is 26.9 Å². The van der Waals surface area contributed by atoms with E-state index in [1.54, 1.807) is 30.3 Å². The van der Waals surface area contributed by atoms with Gasteiger partial charge in [0.25, 0.3) is 0 Å². The van der Waals surface area contributed by atoms with Crippen molar-refractivity contribution in [2.24, 2.45) is 0 Å². The first-order valence-electron chi connectivity index (χ1n) is 6.65. The summed E-state index contributed by atoms with van der Waals surface area (Å²) in [5.41, 5.74) is 8.57. The Morgan fingerprint density at radius 1 is 1.10 bits per heavy atom. The molecule has 0 aliphatic heterocycles. The van der Waals surface area contributed by atoms with Crippen molar-refractivity contribution in [3.05, 3.63) is 59.2 Å². The van der Waals surface area contributed by atoms with Crippen LogP contribution < -0.4 is 10.5 Å². The maximum Gasteiger partial charge on any atom is 0.193 e. The summed E-state index contributed by atoms with van der Waals surface area (Å²) >= 11 is 0. The van der Waals surface area contributed by atoms with Gasteiger partial charge in [-0.3, -0.25) is 4.79 Å². The van der Waals surface area contributed by atoms with Crippen LogP contribution >= 0.6 is 0 Å². The summed E-state index contributed by atoms with van der Waals surface area (Å²) in [5.74, 6) is 0.742. The maximum absolute atomic E-state index is 12.5. The van der Waals surface area contributed by atoms with Gasteiger partial charge < -0.3 is 10.5 Å². The van der Waals surface area contributed by atoms with Gasteiger partial charge in [-0.25, -0.2) is 0 Å². The van der Waals surface area contributed by atoms with Gasteiger partial charge in [0, 0.05) is 16.8 Å². The van der Waals surface area contributed by atoms with Gasteiger partial charge in [0.1, 0.15) is 5.75 Å². The topological polar surface area (TPSA) is 52.3 Å². The normalized spacial score (nSPS) is 10.6. The molecule has 3 heteroatoms. The molecule has 0 aromatic heterocycles. The maximum atomic E-state index is 12.5. The number of benzene rings is 2. The zero-order chi connectivity index (χ0) is 14.7. The van der Waals surface area contributed by atoms with Gasteiger partial charge >= 0.3 is 0 Å². The number of rotatable bonds is 4. The Morgan fingerprint density at radius 2 is 1.75 bits per heavy atom. The summed E-state index contributed by atoms with van der Waals surface area (Å²) in [7, 11) is 0. The Bertz CT molecular complexity index is 615. The van der Waals surface area contributed by atoms with E-state index in [4.69, 9.17) is 10.5 Å². The first-order valence-corrected chi connectivity index (χ1v) is 6.65. The van der Waals surface area contributed by atoms with Gasteiger partial charge in [-0.1, -0.05) is 12.1 Å². The Labute approximate surface area is 119 Å². The predicted octanol–water partition coefficient (Wildman–Crippen LogP) is 3.60. The summed E-state index contributed by atoms with van der Waals surface area (Å²) in [6, 6.07) is 12.6. The highest BCUT2D eigenvalue weighted by atomic mass is 16.5. The van der Waals surface area contributed by atoms with E-state index in [-0.39, 0.29) is 11.9 Å². The Balaban J connectivity index is 2.27. The van der Waals surface area contributed by atoms with Crippen molar-refractivity contribution >= 4 is 11.5 Å². The van der Waals surface area contributed by atoms with Crippen LogP contribution in [0, 0.1) is 6.92 Å². The number of ether oxygens (including phenoxy) is 1. The van der Waals surface area contributed by atoms with Gasteiger partial charge in [0.15, 0.2) is 5.78 Å². The second kappa shape index (κ2) is 5.78. The number of carbonyl (C=O) groups is 1. The lowest BCUT2D eigenvalue weighted by molar-refractivity contribution is 0.103. The number of carbonyl (C=O) groups excluding carboxylic acids is 1. The third-order valence-electron chi connectivity index (χ3n) is 3.11. The molecule has 0 spiro atoms. The fourth-order valence-electron chi connectivity index (χ4n) is 2.01. The molecule has 0 radical (unpaired) electrons. The minimum absolute atomic E-state index is 0.0223. The van der Waals surface area contributed by atoms with Gasteiger partial charge in [-0.15, -0.1) is 0 Å². The molecule has 104 valence electrons. The number of ketones is 1. The molecule has 20 heavy (non-hydrogen) atoms. The molecule has 0 fully saturated rings. The van der Waals surface area contributed by atoms with E-state index in [1.165, 1.54) is 0 Å². The fraction of sp³-hybridized carbons (Fsp3) is 0.235. The third kappa shape index (κ3) is 2.99. The highest BCUT2D eigenvalue weighted by Gasteiger charge is 2.13. The number of nitrogen functional groups attached to an aromatic ring is 1. The highest BCUT2D eigenvalue weighted by molar-refractivity contribution is 6.10. The fourth-order valence-corrected chi connectivity index (χ4v) is 2.01. The molecule has 2 rings (SSSR count). The SMILES string of the molecule is Cc1c(N)cccc1C(=O)c1ccc(OC(C)C)cc1. The molecule has 0 saturated heterocycles. The van der Waals surface area contributed by atoms with Gasteiger partial charge in [-0.2, -0.15) is 0 Å². The molecule has 0 aliphatic carbocycles. The van der Waals surface area contributed by atoms with Crippen molar-refractivity contribution < 1.29 is 9.53 Å². The van der Waals surface area contributed by atoms with Crippen molar-refractivity contribution in [1.82, 2.24) is 0 Å². The molecule has 3 nitrogen and oxygen atoms in total. The van der Waals surface area contributed by atoms with E-state index < -0.39 is 0 Å². The highest BCUT2D eigenvalue weighted by Crippen LogP contribution is 2.21. The Morgan fingerprint density at radius 3 is 2.35 bits per heavy atom. The molecule has 0 atom stereocenters. The van der Waals surface area contributed by atoms with Crippen molar-refractivity contribution in [1.29, 1.82) is 0 Å². The second-order valence-corrected chi connectivity index (χ2v) is 5.04. The van der Waals surface area contributed by atoms with Crippen LogP contribution in [0.5, 0.6) is 5.75 Å². The lowest BCUT2D eigenvalue weighted by Gasteiger charge is -2.11. The molecule has 0 aliphatic rings. The van der Waals surface area contributed by atoms with Crippen molar-refractivity contribution in [2.75, 3.05) is 5.73 Å². The lowest BCUT2D eigenvalue weighted by atomic mass is 9.98. The molecule has 2 aromatic carbocycles. The van der Waals surface area contributed by atoms with E-state index in [2.05, 4.69) is 0 Å². The third-order valence-corrected chi connectivity index (χ3v) is 3.11. The molecule has 0 heterocycles. The van der Waals surface area contributed by atoms with Crippen molar-refractivity contribution in [3.8, 4) is 5.75 Å². The van der Waals surface area contributed by atoms with Crippen LogP contribution in [0.25, 0.3) is 0 Å². The summed E-state index contributed by atoms with van der Waals surface area (Å²) in [5, 5.41) is 0. The first-order chi connectivity index (χ1) is 9.49. The zero-order valence-corrected chi connectivity index (χ0v) is 12.0. The quantitative estimate of drug-likeness (QED) is 0.681. The summed E-state index contributed by atoms with van der Waals surface area (Å²) in [6.45, 7) is 5.79. The smallest absolute Gasteiger partial charge is 0.193 e. The molecular weight excluding hydrogens is 250 g/mol. The lowest BCUT2D eigenvalue weighted by Crippen LogP contribution is -2.07. The van der Waals surface area contributed by atoms with Crippen LogP contribution in [-0.2, 0) is 0 Å². The molecule has 2 aromatic rings. The predicted molar refractivity (Wildman–Crippen MR) is 81.2 cm³/mol. The molecule has 0 amide bonds. The second-order valence-electron chi connectivity index (χ2n) is 5.04. The van der Waals surface area contributed by atoms with E-state index in [0.717, 1.165) is 11.3 Å². The summed E-state index contributed by atoms with van der Waals surface area (Å²) in [4.78, 5) is 12.5. The molecule has 0 saturated carbocycles. The number of anilines is 1. The monoisotopic (exact) mass is 269 g/mol. The van der Waals surface area contributed by atoms with Gasteiger partial charge in [0.05, 0.1) is 6.10 Å². The minimum Gasteiger partial charge on any atom is -0.491 e. The Kier molecular flexibility index (Phi) is 4.08. The first kappa shape index (κ1) is 14.1. The summed E-state index contributed by atoms with van der Waals surface area (Å²) in [6.07, 6.45) is 0.118. The van der Waals surface area contributed by atoms with Crippen LogP contribution in [0.1, 0.15) is 35.3 Å². The number of nitrogens with two attached hydrogens (primary N) is 1. The van der Waals surface area contributed by atoms with Crippen LogP contribution in [0.3, 0.4) is 0 Å². The molecule has 0 bridgehead atoms. The van der Waals surface area contributed by atoms with Gasteiger partial charge in [-0.05, 0) is 56.7 Å². The van der Waals surface area contributed by atoms with Crippen molar-refractivity contribution in [3.63, 3.8) is 0 Å². The summed E-state index contributed by atoms with van der Waals surface area (Å²) < 4.78 is 5.57. The zero-order valence-electron chi connectivity index (χ0n) is 12.0. The van der Waals surface area contributed by atoms with E-state index >= 15 is 0 Å². The number of hydrogen-bond acceptors (Lipinski definition) is 3. The average molecular weight is 269 g/mol.